The van der Waals surface area contributed by atoms with Gasteiger partial charge in [-0.25, -0.2) is 0 Å². The lowest BCUT2D eigenvalue weighted by molar-refractivity contribution is 0.414. The minimum absolute atomic E-state index is 0.519. The fraction of sp³-hybridized carbons (Fsp3) is 0.364. The summed E-state index contributed by atoms with van der Waals surface area (Å²) < 4.78 is 5.11. The van der Waals surface area contributed by atoms with Gasteiger partial charge in [0.15, 0.2) is 0 Å². The first-order chi connectivity index (χ1) is 6.69. The molecule has 0 aliphatic carbocycles. The first-order valence-corrected chi connectivity index (χ1v) is 4.76. The standard InChI is InChI=1S/C11H12ClNO/c1-8-6-10(12)11(14-2)7-9(8)4-3-5-13/h6-7H,3-4H2,1-2H3. The van der Waals surface area contributed by atoms with Crippen LogP contribution in [-0.2, 0) is 6.42 Å². The van der Waals surface area contributed by atoms with Crippen molar-refractivity contribution in [3.05, 3.63) is 28.3 Å². The van der Waals surface area contributed by atoms with E-state index in [0.29, 0.717) is 17.2 Å². The molecule has 1 rings (SSSR count). The molecule has 1 aromatic rings. The van der Waals surface area contributed by atoms with Crippen LogP contribution in [0.15, 0.2) is 12.1 Å². The van der Waals surface area contributed by atoms with Crippen molar-refractivity contribution in [1.82, 2.24) is 0 Å². The van der Waals surface area contributed by atoms with E-state index in [9.17, 15) is 0 Å². The quantitative estimate of drug-likeness (QED) is 0.767. The van der Waals surface area contributed by atoms with E-state index in [0.717, 1.165) is 17.5 Å². The smallest absolute Gasteiger partial charge is 0.137 e. The van der Waals surface area contributed by atoms with Crippen LogP contribution < -0.4 is 4.74 Å². The van der Waals surface area contributed by atoms with Crippen LogP contribution in [0.25, 0.3) is 0 Å². The second kappa shape index (κ2) is 4.88. The topological polar surface area (TPSA) is 33.0 Å². The molecule has 0 aliphatic heterocycles. The van der Waals surface area contributed by atoms with E-state index >= 15 is 0 Å². The molecule has 0 heterocycles. The Balaban J connectivity index is 2.99. The molecule has 0 N–H and O–H groups in total. The van der Waals surface area contributed by atoms with E-state index in [1.165, 1.54) is 0 Å². The average molecular weight is 210 g/mol. The summed E-state index contributed by atoms with van der Waals surface area (Å²) in [5, 5.41) is 9.11. The Morgan fingerprint density at radius 2 is 2.21 bits per heavy atom. The summed E-state index contributed by atoms with van der Waals surface area (Å²) in [5.41, 5.74) is 2.22. The molecular weight excluding hydrogens is 198 g/mol. The van der Waals surface area contributed by atoms with Gasteiger partial charge in [0.1, 0.15) is 5.75 Å². The number of ether oxygens (including phenoxy) is 1. The van der Waals surface area contributed by atoms with Gasteiger partial charge in [-0.1, -0.05) is 11.6 Å². The van der Waals surface area contributed by atoms with E-state index in [-0.39, 0.29) is 0 Å². The van der Waals surface area contributed by atoms with Crippen molar-refractivity contribution < 1.29 is 4.74 Å². The van der Waals surface area contributed by atoms with Crippen molar-refractivity contribution in [2.24, 2.45) is 0 Å². The molecule has 74 valence electrons. The van der Waals surface area contributed by atoms with Crippen LogP contribution in [0.3, 0.4) is 0 Å². The maximum absolute atomic E-state index is 8.49. The maximum Gasteiger partial charge on any atom is 0.137 e. The second-order valence-corrected chi connectivity index (χ2v) is 3.48. The van der Waals surface area contributed by atoms with Crippen LogP contribution in [0.4, 0.5) is 0 Å². The van der Waals surface area contributed by atoms with Gasteiger partial charge < -0.3 is 4.74 Å². The van der Waals surface area contributed by atoms with Crippen molar-refractivity contribution in [1.29, 1.82) is 5.26 Å². The van der Waals surface area contributed by atoms with Gasteiger partial charge in [0.2, 0.25) is 0 Å². The highest BCUT2D eigenvalue weighted by Gasteiger charge is 2.05. The minimum Gasteiger partial charge on any atom is -0.495 e. The van der Waals surface area contributed by atoms with Gasteiger partial charge in [-0.2, -0.15) is 5.26 Å². The van der Waals surface area contributed by atoms with Crippen LogP contribution in [0.1, 0.15) is 17.5 Å². The second-order valence-electron chi connectivity index (χ2n) is 3.07. The third-order valence-electron chi connectivity index (χ3n) is 2.12. The van der Waals surface area contributed by atoms with Crippen molar-refractivity contribution in [2.75, 3.05) is 7.11 Å². The Morgan fingerprint density at radius 3 is 2.79 bits per heavy atom. The highest BCUT2D eigenvalue weighted by atomic mass is 35.5. The Bertz CT molecular complexity index is 368. The maximum atomic E-state index is 8.49. The van der Waals surface area contributed by atoms with Crippen LogP contribution >= 0.6 is 11.6 Å². The van der Waals surface area contributed by atoms with Gasteiger partial charge in [-0.3, -0.25) is 0 Å². The Morgan fingerprint density at radius 1 is 1.50 bits per heavy atom. The molecule has 2 nitrogen and oxygen atoms in total. The van der Waals surface area contributed by atoms with E-state index < -0.39 is 0 Å². The van der Waals surface area contributed by atoms with Gasteiger partial charge in [0.25, 0.3) is 0 Å². The third-order valence-corrected chi connectivity index (χ3v) is 2.41. The first-order valence-electron chi connectivity index (χ1n) is 4.39. The van der Waals surface area contributed by atoms with Gasteiger partial charge in [0, 0.05) is 6.42 Å². The molecule has 0 aromatic heterocycles. The molecule has 0 radical (unpaired) electrons. The minimum atomic E-state index is 0.519. The molecule has 0 atom stereocenters. The predicted octanol–water partition coefficient (Wildman–Crippen LogP) is 3.11. The van der Waals surface area contributed by atoms with Crippen molar-refractivity contribution in [3.63, 3.8) is 0 Å². The number of benzene rings is 1. The van der Waals surface area contributed by atoms with Gasteiger partial charge in [-0.05, 0) is 36.6 Å². The average Bonchev–Trinajstić information content (AvgIpc) is 2.17. The Hall–Kier alpha value is -1.20. The molecule has 1 aromatic carbocycles. The Labute approximate surface area is 89.1 Å². The first kappa shape index (κ1) is 10.9. The summed E-state index contributed by atoms with van der Waals surface area (Å²) in [4.78, 5) is 0. The molecule has 0 amide bonds. The van der Waals surface area contributed by atoms with Crippen molar-refractivity contribution in [3.8, 4) is 11.8 Å². The SMILES string of the molecule is COc1cc(CCC#N)c(C)cc1Cl. The molecule has 0 spiro atoms. The Kier molecular flexibility index (Phi) is 3.79. The summed E-state index contributed by atoms with van der Waals surface area (Å²) in [5.74, 6) is 0.671. The fourth-order valence-corrected chi connectivity index (χ4v) is 1.61. The largest absolute Gasteiger partial charge is 0.495 e. The summed E-state index contributed by atoms with van der Waals surface area (Å²) in [7, 11) is 1.59. The van der Waals surface area contributed by atoms with Gasteiger partial charge >= 0.3 is 0 Å². The lowest BCUT2D eigenvalue weighted by Gasteiger charge is -2.08. The molecule has 0 saturated carbocycles. The lowest BCUT2D eigenvalue weighted by atomic mass is 10.0. The van der Waals surface area contributed by atoms with Crippen LogP contribution in [-0.4, -0.2) is 7.11 Å². The highest BCUT2D eigenvalue weighted by molar-refractivity contribution is 6.32. The third kappa shape index (κ3) is 2.40. The summed E-state index contributed by atoms with van der Waals surface area (Å²) in [6, 6.07) is 5.89. The lowest BCUT2D eigenvalue weighted by Crippen LogP contribution is -1.92. The van der Waals surface area contributed by atoms with E-state index in [1.54, 1.807) is 7.11 Å². The summed E-state index contributed by atoms with van der Waals surface area (Å²) in [6.45, 7) is 1.98. The zero-order valence-corrected chi connectivity index (χ0v) is 9.06. The zero-order chi connectivity index (χ0) is 10.6. The number of nitriles is 1. The molecule has 0 fully saturated rings. The number of hydrogen-bond acceptors (Lipinski definition) is 2. The number of rotatable bonds is 3. The summed E-state index contributed by atoms with van der Waals surface area (Å²) >= 11 is 5.95. The van der Waals surface area contributed by atoms with E-state index in [4.69, 9.17) is 21.6 Å². The molecule has 0 unspecified atom stereocenters. The normalized spacial score (nSPS) is 9.57. The molecular formula is C11H12ClNO. The monoisotopic (exact) mass is 209 g/mol. The predicted molar refractivity (Wildman–Crippen MR) is 56.7 cm³/mol. The van der Waals surface area contributed by atoms with Crippen LogP contribution in [0, 0.1) is 18.3 Å². The number of methoxy groups -OCH3 is 1. The number of halogens is 1. The van der Waals surface area contributed by atoms with Gasteiger partial charge in [0.05, 0.1) is 18.2 Å². The zero-order valence-electron chi connectivity index (χ0n) is 8.30. The van der Waals surface area contributed by atoms with Crippen LogP contribution in [0.5, 0.6) is 5.75 Å². The van der Waals surface area contributed by atoms with Crippen molar-refractivity contribution in [2.45, 2.75) is 19.8 Å². The molecule has 3 heteroatoms. The van der Waals surface area contributed by atoms with Crippen molar-refractivity contribution >= 4 is 11.6 Å². The summed E-state index contributed by atoms with van der Waals surface area (Å²) in [6.07, 6.45) is 1.27. The number of aryl methyl sites for hydroxylation is 2. The highest BCUT2D eigenvalue weighted by Crippen LogP contribution is 2.28. The van der Waals surface area contributed by atoms with Gasteiger partial charge in [-0.15, -0.1) is 0 Å². The molecule has 0 aliphatic rings. The fourth-order valence-electron chi connectivity index (χ4n) is 1.31. The van der Waals surface area contributed by atoms with Crippen LogP contribution in [0.2, 0.25) is 5.02 Å². The number of nitrogens with zero attached hydrogens (tertiary/aromatic N) is 1. The molecule has 0 bridgehead atoms. The number of hydrogen-bond donors (Lipinski definition) is 0. The molecule has 0 saturated heterocycles. The molecule has 14 heavy (non-hydrogen) atoms. The van der Waals surface area contributed by atoms with E-state index in [1.807, 2.05) is 19.1 Å². The van der Waals surface area contributed by atoms with E-state index in [2.05, 4.69) is 6.07 Å².